The molecular weight excluding hydrogens is 428 g/mol. The molecule has 0 saturated carbocycles. The minimum Gasteiger partial charge on any atom is -0.346 e. The molecular formula is C25H20N8O. The van der Waals surface area contributed by atoms with Crippen molar-refractivity contribution in [2.45, 2.75) is 6.54 Å². The van der Waals surface area contributed by atoms with E-state index in [0.717, 1.165) is 22.3 Å². The highest BCUT2D eigenvalue weighted by Gasteiger charge is 2.10. The minimum absolute atomic E-state index is 0.161. The molecule has 9 heteroatoms. The monoisotopic (exact) mass is 448 g/mol. The zero-order chi connectivity index (χ0) is 23.2. The number of carbonyl (C=O) groups is 1. The lowest BCUT2D eigenvalue weighted by Crippen LogP contribution is -2.23. The number of nitrogens with one attached hydrogen (secondary N) is 2. The molecule has 2 N–H and O–H groups in total. The Balaban J connectivity index is 1.24. The highest BCUT2D eigenvalue weighted by molar-refractivity contribution is 5.95. The van der Waals surface area contributed by atoms with Crippen molar-refractivity contribution in [1.29, 1.82) is 0 Å². The topological polar surface area (TPSA) is 110 Å². The first-order valence-electron chi connectivity index (χ1n) is 10.6. The van der Waals surface area contributed by atoms with E-state index in [1.165, 1.54) is 6.33 Å². The Bertz CT molecular complexity index is 1430. The van der Waals surface area contributed by atoms with E-state index in [-0.39, 0.29) is 5.91 Å². The largest absolute Gasteiger partial charge is 0.346 e. The molecule has 0 saturated heterocycles. The van der Waals surface area contributed by atoms with Crippen LogP contribution in [0, 0.1) is 0 Å². The van der Waals surface area contributed by atoms with Gasteiger partial charge in [-0.3, -0.25) is 15.2 Å². The Morgan fingerprint density at radius 2 is 1.76 bits per heavy atom. The van der Waals surface area contributed by atoms with E-state index in [4.69, 9.17) is 0 Å². The van der Waals surface area contributed by atoms with Gasteiger partial charge in [0.25, 0.3) is 5.91 Å². The summed E-state index contributed by atoms with van der Waals surface area (Å²) in [5.41, 5.74) is 6.75. The Morgan fingerprint density at radius 3 is 2.56 bits per heavy atom. The van der Waals surface area contributed by atoms with Gasteiger partial charge in [0, 0.05) is 11.8 Å². The summed E-state index contributed by atoms with van der Waals surface area (Å²) in [6.07, 6.45) is 6.54. The van der Waals surface area contributed by atoms with E-state index in [1.807, 2.05) is 60.7 Å². The van der Waals surface area contributed by atoms with Gasteiger partial charge in [0.05, 0.1) is 35.7 Å². The second-order valence-electron chi connectivity index (χ2n) is 7.35. The van der Waals surface area contributed by atoms with Crippen molar-refractivity contribution >= 4 is 29.0 Å². The van der Waals surface area contributed by atoms with E-state index in [2.05, 4.69) is 35.9 Å². The van der Waals surface area contributed by atoms with Gasteiger partial charge in [0.15, 0.2) is 11.5 Å². The van der Waals surface area contributed by atoms with Gasteiger partial charge in [-0.2, -0.15) is 10.2 Å². The maximum Gasteiger partial charge on any atom is 0.251 e. The van der Waals surface area contributed by atoms with Crippen molar-refractivity contribution in [2.75, 3.05) is 5.43 Å². The second-order valence-corrected chi connectivity index (χ2v) is 7.35. The van der Waals surface area contributed by atoms with Gasteiger partial charge in [-0.1, -0.05) is 36.4 Å². The van der Waals surface area contributed by atoms with Crippen molar-refractivity contribution in [3.63, 3.8) is 0 Å². The van der Waals surface area contributed by atoms with Crippen molar-refractivity contribution < 1.29 is 4.79 Å². The van der Waals surface area contributed by atoms with Gasteiger partial charge in [0.1, 0.15) is 6.33 Å². The summed E-state index contributed by atoms with van der Waals surface area (Å²) in [6.45, 7) is 0.376. The third-order valence-corrected chi connectivity index (χ3v) is 5.08. The van der Waals surface area contributed by atoms with Crippen LogP contribution in [-0.2, 0) is 6.54 Å². The number of fused-ring (bicyclic) bond motifs is 1. The minimum atomic E-state index is -0.161. The van der Waals surface area contributed by atoms with Crippen LogP contribution in [0.25, 0.3) is 16.7 Å². The zero-order valence-electron chi connectivity index (χ0n) is 18.0. The number of benzene rings is 2. The van der Waals surface area contributed by atoms with Crippen LogP contribution in [0.4, 0.5) is 5.82 Å². The maximum absolute atomic E-state index is 12.4. The van der Waals surface area contributed by atoms with E-state index in [0.29, 0.717) is 23.6 Å². The number of rotatable bonds is 7. The number of para-hydroxylation sites is 1. The standard InChI is InChI=1S/C25H20N8O/c34-25(27-15-20-6-4-5-13-26-20)19-11-9-18(10-12-19)14-30-32-23-22-16-31-33(24(22)29-17-28-23)21-7-2-1-3-8-21/h1-14,16-17H,15H2,(H,27,34)(H,28,29,32)/b30-14+. The van der Waals surface area contributed by atoms with E-state index in [9.17, 15) is 4.79 Å². The number of pyridine rings is 1. The Hall–Kier alpha value is -4.92. The molecule has 34 heavy (non-hydrogen) atoms. The predicted octanol–water partition coefficient (Wildman–Crippen LogP) is 3.59. The maximum atomic E-state index is 12.4. The van der Waals surface area contributed by atoms with Crippen molar-refractivity contribution in [3.05, 3.63) is 108 Å². The Kier molecular flexibility index (Phi) is 5.98. The fraction of sp³-hybridized carbons (Fsp3) is 0.0400. The van der Waals surface area contributed by atoms with Crippen LogP contribution >= 0.6 is 0 Å². The lowest BCUT2D eigenvalue weighted by molar-refractivity contribution is 0.0950. The van der Waals surface area contributed by atoms with E-state index in [1.54, 1.807) is 35.4 Å². The van der Waals surface area contributed by atoms with Gasteiger partial charge in [-0.15, -0.1) is 0 Å². The molecule has 3 heterocycles. The number of hydrazone groups is 1. The molecule has 0 bridgehead atoms. The molecule has 0 atom stereocenters. The summed E-state index contributed by atoms with van der Waals surface area (Å²) in [5.74, 6) is 0.389. The summed E-state index contributed by atoms with van der Waals surface area (Å²) in [6, 6.07) is 22.5. The smallest absolute Gasteiger partial charge is 0.251 e. The average molecular weight is 448 g/mol. The number of hydrogen-bond donors (Lipinski definition) is 2. The second kappa shape index (κ2) is 9.70. The summed E-state index contributed by atoms with van der Waals surface area (Å²) < 4.78 is 1.75. The first-order chi connectivity index (χ1) is 16.8. The number of nitrogens with zero attached hydrogens (tertiary/aromatic N) is 6. The van der Waals surface area contributed by atoms with Crippen molar-refractivity contribution in [1.82, 2.24) is 30.0 Å². The first-order valence-corrected chi connectivity index (χ1v) is 10.6. The van der Waals surface area contributed by atoms with Crippen LogP contribution in [0.1, 0.15) is 21.6 Å². The number of aromatic nitrogens is 5. The summed E-state index contributed by atoms with van der Waals surface area (Å²) in [7, 11) is 0. The molecule has 0 fully saturated rings. The molecule has 1 amide bonds. The Labute approximate surface area is 195 Å². The van der Waals surface area contributed by atoms with Gasteiger partial charge in [0.2, 0.25) is 0 Å². The highest BCUT2D eigenvalue weighted by Crippen LogP contribution is 2.21. The lowest BCUT2D eigenvalue weighted by Gasteiger charge is -2.05. The highest BCUT2D eigenvalue weighted by atomic mass is 16.1. The summed E-state index contributed by atoms with van der Waals surface area (Å²) in [5, 5.41) is 12.3. The zero-order valence-corrected chi connectivity index (χ0v) is 18.0. The fourth-order valence-electron chi connectivity index (χ4n) is 3.36. The molecule has 0 aliphatic carbocycles. The molecule has 166 valence electrons. The molecule has 5 rings (SSSR count). The molecule has 3 aromatic heterocycles. The molecule has 5 aromatic rings. The van der Waals surface area contributed by atoms with Crippen LogP contribution in [0.2, 0.25) is 0 Å². The fourth-order valence-corrected chi connectivity index (χ4v) is 3.36. The number of hydrogen-bond acceptors (Lipinski definition) is 7. The van der Waals surface area contributed by atoms with Crippen LogP contribution < -0.4 is 10.7 Å². The summed E-state index contributed by atoms with van der Waals surface area (Å²) >= 11 is 0. The van der Waals surface area contributed by atoms with E-state index >= 15 is 0 Å². The average Bonchev–Trinajstić information content (AvgIpc) is 3.34. The first kappa shape index (κ1) is 21.0. The van der Waals surface area contributed by atoms with Crippen LogP contribution in [0.15, 0.2) is 96.6 Å². The number of amides is 1. The molecule has 0 spiro atoms. The molecule has 0 radical (unpaired) electrons. The quantitative estimate of drug-likeness (QED) is 0.291. The number of carbonyl (C=O) groups excluding carboxylic acids is 1. The van der Waals surface area contributed by atoms with Gasteiger partial charge in [-0.25, -0.2) is 14.6 Å². The van der Waals surface area contributed by atoms with Crippen molar-refractivity contribution in [2.24, 2.45) is 5.10 Å². The molecule has 0 aliphatic heterocycles. The molecule has 0 aliphatic rings. The SMILES string of the molecule is O=C(NCc1ccccn1)c1ccc(/C=N/Nc2ncnc3c2cnn3-c2ccccc2)cc1. The predicted molar refractivity (Wildman–Crippen MR) is 130 cm³/mol. The normalized spacial score (nSPS) is 11.1. The molecule has 0 unspecified atom stereocenters. The van der Waals surface area contributed by atoms with Crippen LogP contribution in [0.3, 0.4) is 0 Å². The van der Waals surface area contributed by atoms with Crippen LogP contribution in [-0.4, -0.2) is 36.9 Å². The number of anilines is 1. The van der Waals surface area contributed by atoms with Crippen molar-refractivity contribution in [3.8, 4) is 5.69 Å². The third-order valence-electron chi connectivity index (χ3n) is 5.08. The summed E-state index contributed by atoms with van der Waals surface area (Å²) in [4.78, 5) is 25.2. The van der Waals surface area contributed by atoms with Crippen LogP contribution in [0.5, 0.6) is 0 Å². The molecule has 2 aromatic carbocycles. The van der Waals surface area contributed by atoms with Gasteiger partial charge < -0.3 is 5.32 Å². The third kappa shape index (κ3) is 4.63. The molecule has 9 nitrogen and oxygen atoms in total. The lowest BCUT2D eigenvalue weighted by atomic mass is 10.1. The Morgan fingerprint density at radius 1 is 0.941 bits per heavy atom. The van der Waals surface area contributed by atoms with Gasteiger partial charge in [-0.05, 0) is 42.0 Å². The van der Waals surface area contributed by atoms with Gasteiger partial charge >= 0.3 is 0 Å². The van der Waals surface area contributed by atoms with E-state index < -0.39 is 0 Å².